The first-order chi connectivity index (χ1) is 9.24. The lowest BCUT2D eigenvalue weighted by Crippen LogP contribution is -2.08. The Morgan fingerprint density at radius 3 is 2.79 bits per heavy atom. The van der Waals surface area contributed by atoms with Crippen molar-refractivity contribution in [2.24, 2.45) is 0 Å². The van der Waals surface area contributed by atoms with Gasteiger partial charge in [0.2, 0.25) is 0 Å². The maximum Gasteiger partial charge on any atom is 0.149 e. The highest BCUT2D eigenvalue weighted by atomic mass is 79.9. The Morgan fingerprint density at radius 1 is 1.21 bits per heavy atom. The number of aromatic nitrogens is 4. The van der Waals surface area contributed by atoms with Crippen molar-refractivity contribution in [1.29, 1.82) is 0 Å². The van der Waals surface area contributed by atoms with Crippen LogP contribution in [0.2, 0.25) is 0 Å². The zero-order chi connectivity index (χ0) is 13.2. The zero-order valence-corrected chi connectivity index (χ0v) is 12.2. The van der Waals surface area contributed by atoms with Crippen LogP contribution in [0, 0.1) is 4.64 Å². The molecule has 0 amide bonds. The number of benzene rings is 1. The number of halogens is 1. The quantitative estimate of drug-likeness (QED) is 0.675. The van der Waals surface area contributed by atoms with E-state index in [1.807, 2.05) is 18.2 Å². The predicted molar refractivity (Wildman–Crippen MR) is 79.4 cm³/mol. The summed E-state index contributed by atoms with van der Waals surface area (Å²) in [7, 11) is 0. The summed E-state index contributed by atoms with van der Waals surface area (Å²) in [6.45, 7) is 0.478. The molecular formula is C13H9BrN4S. The Kier molecular flexibility index (Phi) is 3.35. The molecule has 3 aromatic rings. The molecule has 4 nitrogen and oxygen atoms in total. The van der Waals surface area contributed by atoms with E-state index in [1.165, 1.54) is 0 Å². The number of hydrogen-bond acceptors (Lipinski definition) is 4. The van der Waals surface area contributed by atoms with Gasteiger partial charge in [0.15, 0.2) is 0 Å². The van der Waals surface area contributed by atoms with Crippen LogP contribution in [0.4, 0.5) is 0 Å². The Labute approximate surface area is 123 Å². The Balaban J connectivity index is 2.08. The molecule has 19 heavy (non-hydrogen) atoms. The van der Waals surface area contributed by atoms with E-state index in [0.29, 0.717) is 17.0 Å². The average molecular weight is 333 g/mol. The zero-order valence-electron chi connectivity index (χ0n) is 9.82. The third-order valence-corrected chi connectivity index (χ3v) is 3.65. The van der Waals surface area contributed by atoms with Gasteiger partial charge in [0, 0.05) is 27.6 Å². The highest BCUT2D eigenvalue weighted by Gasteiger charge is 2.03. The second kappa shape index (κ2) is 5.14. The van der Waals surface area contributed by atoms with Gasteiger partial charge in [-0.05, 0) is 18.2 Å². The molecule has 0 aliphatic heterocycles. The van der Waals surface area contributed by atoms with Gasteiger partial charge in [-0.25, -0.2) is 14.6 Å². The van der Waals surface area contributed by atoms with E-state index < -0.39 is 0 Å². The number of hydrogen-bond donors (Lipinski definition) is 0. The summed E-state index contributed by atoms with van der Waals surface area (Å²) in [6.07, 6.45) is 5.23. The van der Waals surface area contributed by atoms with Crippen molar-refractivity contribution in [3.63, 3.8) is 0 Å². The molecule has 0 N–H and O–H groups in total. The first kappa shape index (κ1) is 12.4. The minimum Gasteiger partial charge on any atom is -0.246 e. The van der Waals surface area contributed by atoms with Crippen LogP contribution in [0.15, 0.2) is 47.3 Å². The first-order valence-corrected chi connectivity index (χ1v) is 6.85. The van der Waals surface area contributed by atoms with Gasteiger partial charge < -0.3 is 0 Å². The highest BCUT2D eigenvalue weighted by Crippen LogP contribution is 2.19. The molecule has 3 rings (SSSR count). The SMILES string of the molecule is S=c1c2ccc(Br)cc2cnn1Cc1ncccn1. The van der Waals surface area contributed by atoms with Crippen molar-refractivity contribution < 1.29 is 0 Å². The fraction of sp³-hybridized carbons (Fsp3) is 0.0769. The molecular weight excluding hydrogens is 324 g/mol. The van der Waals surface area contributed by atoms with E-state index in [9.17, 15) is 0 Å². The Bertz CT molecular complexity index is 786. The van der Waals surface area contributed by atoms with Crippen molar-refractivity contribution in [1.82, 2.24) is 19.7 Å². The molecule has 2 aromatic heterocycles. The molecule has 1 aromatic carbocycles. The van der Waals surface area contributed by atoms with Gasteiger partial charge in [0.25, 0.3) is 0 Å². The summed E-state index contributed by atoms with van der Waals surface area (Å²) in [5.74, 6) is 0.697. The molecule has 2 heterocycles. The maximum absolute atomic E-state index is 5.47. The van der Waals surface area contributed by atoms with E-state index in [2.05, 4.69) is 31.0 Å². The molecule has 0 aliphatic carbocycles. The summed E-state index contributed by atoms with van der Waals surface area (Å²) < 4.78 is 3.44. The monoisotopic (exact) mass is 332 g/mol. The summed E-state index contributed by atoms with van der Waals surface area (Å²) in [6, 6.07) is 7.75. The summed E-state index contributed by atoms with van der Waals surface area (Å²) in [5, 5.41) is 6.38. The van der Waals surface area contributed by atoms with Gasteiger partial charge in [-0.15, -0.1) is 0 Å². The van der Waals surface area contributed by atoms with E-state index in [0.717, 1.165) is 15.2 Å². The maximum atomic E-state index is 5.47. The third-order valence-electron chi connectivity index (χ3n) is 2.73. The van der Waals surface area contributed by atoms with Crippen molar-refractivity contribution in [3.8, 4) is 0 Å². The number of fused-ring (bicyclic) bond motifs is 1. The van der Waals surface area contributed by atoms with Crippen molar-refractivity contribution in [2.75, 3.05) is 0 Å². The second-order valence-corrected chi connectivity index (χ2v) is 5.31. The van der Waals surface area contributed by atoms with Crippen LogP contribution in [0.3, 0.4) is 0 Å². The molecule has 0 saturated heterocycles. The second-order valence-electron chi connectivity index (χ2n) is 4.00. The van der Waals surface area contributed by atoms with E-state index in [1.54, 1.807) is 29.3 Å². The standard InChI is InChI=1S/C13H9BrN4S/c14-10-2-3-11-9(6-10)7-17-18(13(11)19)8-12-15-4-1-5-16-12/h1-7H,8H2. The lowest BCUT2D eigenvalue weighted by Gasteiger charge is -2.07. The van der Waals surface area contributed by atoms with Gasteiger partial charge in [-0.1, -0.05) is 34.2 Å². The Hall–Kier alpha value is -1.66. The van der Waals surface area contributed by atoms with Crippen LogP contribution in [-0.2, 0) is 6.54 Å². The average Bonchev–Trinajstić information content (AvgIpc) is 2.43. The fourth-order valence-corrected chi connectivity index (χ4v) is 2.49. The Morgan fingerprint density at radius 2 is 2.00 bits per heavy atom. The van der Waals surface area contributed by atoms with Gasteiger partial charge in [0.1, 0.15) is 17.0 Å². The van der Waals surface area contributed by atoms with E-state index in [-0.39, 0.29) is 0 Å². The first-order valence-electron chi connectivity index (χ1n) is 5.65. The molecule has 0 radical (unpaired) electrons. The summed E-state index contributed by atoms with van der Waals surface area (Å²) >= 11 is 8.91. The van der Waals surface area contributed by atoms with Crippen molar-refractivity contribution in [2.45, 2.75) is 6.54 Å². The van der Waals surface area contributed by atoms with Crippen LogP contribution in [-0.4, -0.2) is 19.7 Å². The van der Waals surface area contributed by atoms with Crippen LogP contribution < -0.4 is 0 Å². The highest BCUT2D eigenvalue weighted by molar-refractivity contribution is 9.10. The van der Waals surface area contributed by atoms with Crippen LogP contribution in [0.1, 0.15) is 5.82 Å². The van der Waals surface area contributed by atoms with Crippen LogP contribution in [0.25, 0.3) is 10.8 Å². The largest absolute Gasteiger partial charge is 0.246 e. The molecule has 0 bridgehead atoms. The molecule has 6 heteroatoms. The number of rotatable bonds is 2. The molecule has 0 fully saturated rings. The predicted octanol–water partition coefficient (Wildman–Crippen LogP) is 3.37. The normalized spacial score (nSPS) is 10.8. The van der Waals surface area contributed by atoms with Crippen LogP contribution >= 0.6 is 28.1 Å². The van der Waals surface area contributed by atoms with Gasteiger partial charge >= 0.3 is 0 Å². The molecule has 94 valence electrons. The van der Waals surface area contributed by atoms with Crippen LogP contribution in [0.5, 0.6) is 0 Å². The molecule has 0 spiro atoms. The number of nitrogens with zero attached hydrogens (tertiary/aromatic N) is 4. The van der Waals surface area contributed by atoms with E-state index in [4.69, 9.17) is 12.2 Å². The van der Waals surface area contributed by atoms with Gasteiger partial charge in [0.05, 0.1) is 6.20 Å². The molecule has 0 saturated carbocycles. The van der Waals surface area contributed by atoms with Crippen molar-refractivity contribution in [3.05, 3.63) is 57.8 Å². The lowest BCUT2D eigenvalue weighted by molar-refractivity contribution is 0.634. The minimum absolute atomic E-state index is 0.478. The third kappa shape index (κ3) is 2.54. The molecule has 0 unspecified atom stereocenters. The van der Waals surface area contributed by atoms with Crippen molar-refractivity contribution >= 4 is 38.9 Å². The van der Waals surface area contributed by atoms with E-state index >= 15 is 0 Å². The summed E-state index contributed by atoms with van der Waals surface area (Å²) in [4.78, 5) is 8.37. The molecule has 0 aliphatic rings. The molecule has 0 atom stereocenters. The van der Waals surface area contributed by atoms with Gasteiger partial charge in [-0.3, -0.25) is 0 Å². The smallest absolute Gasteiger partial charge is 0.149 e. The summed E-state index contributed by atoms with van der Waals surface area (Å²) in [5.41, 5.74) is 0. The lowest BCUT2D eigenvalue weighted by atomic mass is 10.2. The fourth-order valence-electron chi connectivity index (χ4n) is 1.82. The van der Waals surface area contributed by atoms with Gasteiger partial charge in [-0.2, -0.15) is 5.10 Å². The topological polar surface area (TPSA) is 43.6 Å². The minimum atomic E-state index is 0.478.